The maximum atomic E-state index is 13.0. The van der Waals surface area contributed by atoms with Gasteiger partial charge < -0.3 is 15.1 Å². The largest absolute Gasteiger partial charge is 0.469 e. The zero-order valence-electron chi connectivity index (χ0n) is 13.6. The SMILES string of the molecule is O=C(Nc1ccc(F)cc1)[C@H](NCCc1ccco1)c1ccccc1. The molecule has 5 heteroatoms. The number of anilines is 1. The first-order valence-corrected chi connectivity index (χ1v) is 8.09. The Morgan fingerprint density at radius 3 is 2.44 bits per heavy atom. The summed E-state index contributed by atoms with van der Waals surface area (Å²) in [7, 11) is 0. The quantitative estimate of drug-likeness (QED) is 0.686. The third-order valence-corrected chi connectivity index (χ3v) is 3.81. The normalized spacial score (nSPS) is 11.9. The first-order chi connectivity index (χ1) is 12.2. The molecule has 1 aromatic heterocycles. The summed E-state index contributed by atoms with van der Waals surface area (Å²) in [6.45, 7) is 0.587. The zero-order chi connectivity index (χ0) is 17.5. The highest BCUT2D eigenvalue weighted by Crippen LogP contribution is 2.17. The van der Waals surface area contributed by atoms with Crippen molar-refractivity contribution in [2.75, 3.05) is 11.9 Å². The van der Waals surface area contributed by atoms with Gasteiger partial charge in [0.2, 0.25) is 5.91 Å². The number of rotatable bonds is 7. The molecule has 1 atom stereocenters. The van der Waals surface area contributed by atoms with Gasteiger partial charge in [-0.1, -0.05) is 30.3 Å². The van der Waals surface area contributed by atoms with E-state index in [2.05, 4.69) is 10.6 Å². The second-order valence-electron chi connectivity index (χ2n) is 5.62. The molecular weight excluding hydrogens is 319 g/mol. The van der Waals surface area contributed by atoms with Crippen molar-refractivity contribution in [3.05, 3.63) is 90.1 Å². The smallest absolute Gasteiger partial charge is 0.246 e. The minimum absolute atomic E-state index is 0.197. The van der Waals surface area contributed by atoms with Crippen LogP contribution in [0.25, 0.3) is 0 Å². The number of halogens is 1. The summed E-state index contributed by atoms with van der Waals surface area (Å²) >= 11 is 0. The first-order valence-electron chi connectivity index (χ1n) is 8.09. The van der Waals surface area contributed by atoms with E-state index in [1.807, 2.05) is 42.5 Å². The van der Waals surface area contributed by atoms with E-state index in [1.165, 1.54) is 24.3 Å². The molecule has 0 aliphatic heterocycles. The Morgan fingerprint density at radius 1 is 1.00 bits per heavy atom. The van der Waals surface area contributed by atoms with Gasteiger partial charge in [-0.3, -0.25) is 4.79 Å². The molecule has 3 aromatic rings. The van der Waals surface area contributed by atoms with E-state index in [0.717, 1.165) is 11.3 Å². The van der Waals surface area contributed by atoms with E-state index >= 15 is 0 Å². The molecule has 128 valence electrons. The molecule has 2 aromatic carbocycles. The Balaban J connectivity index is 1.68. The number of carbonyl (C=O) groups excluding carboxylic acids is 1. The summed E-state index contributed by atoms with van der Waals surface area (Å²) in [5.74, 6) is 0.324. The van der Waals surface area contributed by atoms with Crippen molar-refractivity contribution in [1.82, 2.24) is 5.32 Å². The van der Waals surface area contributed by atoms with Gasteiger partial charge in [0.1, 0.15) is 17.6 Å². The first kappa shape index (κ1) is 16.9. The fourth-order valence-electron chi connectivity index (χ4n) is 2.55. The summed E-state index contributed by atoms with van der Waals surface area (Å²) in [6, 6.07) is 18.4. The molecule has 0 saturated carbocycles. The lowest BCUT2D eigenvalue weighted by atomic mass is 10.1. The summed E-state index contributed by atoms with van der Waals surface area (Å²) in [5.41, 5.74) is 1.42. The highest BCUT2D eigenvalue weighted by atomic mass is 19.1. The Labute approximate surface area is 145 Å². The van der Waals surface area contributed by atoms with Crippen molar-refractivity contribution in [3.8, 4) is 0 Å². The lowest BCUT2D eigenvalue weighted by Gasteiger charge is -2.19. The third kappa shape index (κ3) is 4.78. The highest BCUT2D eigenvalue weighted by molar-refractivity contribution is 5.95. The maximum absolute atomic E-state index is 13.0. The zero-order valence-corrected chi connectivity index (χ0v) is 13.6. The standard InChI is InChI=1S/C20H19FN2O2/c21-16-8-10-17(11-9-16)23-20(24)19(15-5-2-1-3-6-15)22-13-12-18-7-4-14-25-18/h1-11,14,19,22H,12-13H2,(H,23,24)/t19-/m1/s1. The van der Waals surface area contributed by atoms with Crippen LogP contribution in [0.5, 0.6) is 0 Å². The van der Waals surface area contributed by atoms with Gasteiger partial charge in [-0.25, -0.2) is 4.39 Å². The summed E-state index contributed by atoms with van der Waals surface area (Å²) in [6.07, 6.45) is 2.31. The molecule has 2 N–H and O–H groups in total. The van der Waals surface area contributed by atoms with Crippen LogP contribution in [0.4, 0.5) is 10.1 Å². The van der Waals surface area contributed by atoms with Gasteiger partial charge in [0.25, 0.3) is 0 Å². The minimum Gasteiger partial charge on any atom is -0.469 e. The van der Waals surface area contributed by atoms with Crippen molar-refractivity contribution in [2.24, 2.45) is 0 Å². The number of benzene rings is 2. The highest BCUT2D eigenvalue weighted by Gasteiger charge is 2.20. The van der Waals surface area contributed by atoms with Crippen LogP contribution in [-0.4, -0.2) is 12.5 Å². The average molecular weight is 338 g/mol. The van der Waals surface area contributed by atoms with Crippen molar-refractivity contribution >= 4 is 11.6 Å². The van der Waals surface area contributed by atoms with Crippen LogP contribution in [0.2, 0.25) is 0 Å². The molecule has 0 aliphatic carbocycles. The van der Waals surface area contributed by atoms with Gasteiger partial charge in [-0.15, -0.1) is 0 Å². The van der Waals surface area contributed by atoms with Crippen molar-refractivity contribution < 1.29 is 13.6 Å². The van der Waals surface area contributed by atoms with Gasteiger partial charge >= 0.3 is 0 Å². The van der Waals surface area contributed by atoms with E-state index in [-0.39, 0.29) is 11.7 Å². The molecule has 0 saturated heterocycles. The van der Waals surface area contributed by atoms with Crippen LogP contribution in [0.3, 0.4) is 0 Å². The molecule has 0 bridgehead atoms. The van der Waals surface area contributed by atoms with Crippen LogP contribution in [0, 0.1) is 5.82 Å². The number of carbonyl (C=O) groups is 1. The predicted molar refractivity (Wildman–Crippen MR) is 94.6 cm³/mol. The monoisotopic (exact) mass is 338 g/mol. The fraction of sp³-hybridized carbons (Fsp3) is 0.150. The van der Waals surface area contributed by atoms with E-state index in [1.54, 1.807) is 6.26 Å². The van der Waals surface area contributed by atoms with Crippen molar-refractivity contribution in [1.29, 1.82) is 0 Å². The Kier molecular flexibility index (Phi) is 5.59. The number of amides is 1. The van der Waals surface area contributed by atoms with Gasteiger partial charge in [0, 0.05) is 18.7 Å². The molecule has 0 aliphatic rings. The van der Waals surface area contributed by atoms with Crippen molar-refractivity contribution in [2.45, 2.75) is 12.5 Å². The Morgan fingerprint density at radius 2 is 1.76 bits per heavy atom. The van der Waals surface area contributed by atoms with Crippen LogP contribution in [-0.2, 0) is 11.2 Å². The number of hydrogen-bond donors (Lipinski definition) is 2. The maximum Gasteiger partial charge on any atom is 0.246 e. The second-order valence-corrected chi connectivity index (χ2v) is 5.62. The van der Waals surface area contributed by atoms with E-state index in [0.29, 0.717) is 18.7 Å². The molecule has 4 nitrogen and oxygen atoms in total. The van der Waals surface area contributed by atoms with Crippen LogP contribution >= 0.6 is 0 Å². The average Bonchev–Trinajstić information content (AvgIpc) is 3.15. The van der Waals surface area contributed by atoms with Gasteiger partial charge in [0.05, 0.1) is 6.26 Å². The molecule has 3 rings (SSSR count). The summed E-state index contributed by atoms with van der Waals surface area (Å²) < 4.78 is 18.3. The number of nitrogens with one attached hydrogen (secondary N) is 2. The van der Waals surface area contributed by atoms with Crippen molar-refractivity contribution in [3.63, 3.8) is 0 Å². The third-order valence-electron chi connectivity index (χ3n) is 3.81. The molecule has 0 unspecified atom stereocenters. The molecule has 25 heavy (non-hydrogen) atoms. The number of furan rings is 1. The summed E-state index contributed by atoms with van der Waals surface area (Å²) in [5, 5.41) is 6.08. The summed E-state index contributed by atoms with van der Waals surface area (Å²) in [4.78, 5) is 12.7. The van der Waals surface area contributed by atoms with Gasteiger partial charge in [0.15, 0.2) is 0 Å². The lowest BCUT2D eigenvalue weighted by molar-refractivity contribution is -0.118. The molecule has 0 radical (unpaired) electrons. The van der Waals surface area contributed by atoms with Crippen LogP contribution < -0.4 is 10.6 Å². The predicted octanol–water partition coefficient (Wildman–Crippen LogP) is 3.93. The molecule has 1 heterocycles. The number of hydrogen-bond acceptors (Lipinski definition) is 3. The fourth-order valence-corrected chi connectivity index (χ4v) is 2.55. The van der Waals surface area contributed by atoms with Crippen LogP contribution in [0.1, 0.15) is 17.4 Å². The Hall–Kier alpha value is -2.92. The molecule has 0 fully saturated rings. The second kappa shape index (κ2) is 8.26. The van der Waals surface area contributed by atoms with E-state index < -0.39 is 6.04 Å². The molecular formula is C20H19FN2O2. The van der Waals surface area contributed by atoms with E-state index in [4.69, 9.17) is 4.42 Å². The Bertz CT molecular complexity index is 786. The lowest BCUT2D eigenvalue weighted by Crippen LogP contribution is -2.34. The van der Waals surface area contributed by atoms with Crippen LogP contribution in [0.15, 0.2) is 77.4 Å². The topological polar surface area (TPSA) is 54.3 Å². The van der Waals surface area contributed by atoms with E-state index in [9.17, 15) is 9.18 Å². The van der Waals surface area contributed by atoms with Gasteiger partial charge in [-0.2, -0.15) is 0 Å². The molecule has 0 spiro atoms. The van der Waals surface area contributed by atoms with Gasteiger partial charge in [-0.05, 0) is 42.0 Å². The molecule has 1 amide bonds. The minimum atomic E-state index is -0.513.